The van der Waals surface area contributed by atoms with Gasteiger partial charge in [0.1, 0.15) is 6.04 Å². The molecule has 4 nitrogen and oxygen atoms in total. The van der Waals surface area contributed by atoms with E-state index in [1.165, 1.54) is 0 Å². The molecule has 1 aliphatic rings. The Morgan fingerprint density at radius 2 is 1.83 bits per heavy atom. The first-order valence-corrected chi connectivity index (χ1v) is 6.48. The van der Waals surface area contributed by atoms with Crippen molar-refractivity contribution < 1.29 is 9.90 Å². The van der Waals surface area contributed by atoms with Crippen LogP contribution in [-0.4, -0.2) is 42.2 Å². The van der Waals surface area contributed by atoms with Gasteiger partial charge in [-0.1, -0.05) is 29.3 Å². The minimum atomic E-state index is -0.924. The van der Waals surface area contributed by atoms with E-state index >= 15 is 0 Å². The van der Waals surface area contributed by atoms with Crippen LogP contribution in [0.25, 0.3) is 0 Å². The van der Waals surface area contributed by atoms with Crippen LogP contribution in [0.4, 0.5) is 0 Å². The van der Waals surface area contributed by atoms with Crippen LogP contribution >= 0.6 is 23.2 Å². The predicted octanol–water partition coefficient (Wildman–Crippen LogP) is 2.02. The highest BCUT2D eigenvalue weighted by molar-refractivity contribution is 6.36. The number of benzene rings is 1. The highest BCUT2D eigenvalue weighted by Crippen LogP contribution is 2.34. The number of rotatable bonds is 3. The van der Waals surface area contributed by atoms with E-state index in [9.17, 15) is 9.90 Å². The van der Waals surface area contributed by atoms with E-state index in [0.29, 0.717) is 28.7 Å². The molecule has 6 heteroatoms. The van der Waals surface area contributed by atoms with Gasteiger partial charge in [-0.3, -0.25) is 9.69 Å². The molecule has 0 bridgehead atoms. The lowest BCUT2D eigenvalue weighted by Gasteiger charge is -2.33. The zero-order valence-corrected chi connectivity index (χ0v) is 11.2. The number of halogens is 2. The number of carboxylic acid groups (broad SMARTS) is 1. The molecule has 1 atom stereocenters. The third-order valence-electron chi connectivity index (χ3n) is 3.02. The number of nitrogens with zero attached hydrogens (tertiary/aromatic N) is 1. The van der Waals surface area contributed by atoms with Gasteiger partial charge >= 0.3 is 5.97 Å². The van der Waals surface area contributed by atoms with Crippen LogP contribution in [0.15, 0.2) is 18.2 Å². The van der Waals surface area contributed by atoms with Crippen molar-refractivity contribution >= 4 is 29.2 Å². The fourth-order valence-corrected chi connectivity index (χ4v) is 2.78. The molecular weight excluding hydrogens is 275 g/mol. The number of carbonyl (C=O) groups is 1. The maximum atomic E-state index is 11.5. The second kappa shape index (κ2) is 5.89. The van der Waals surface area contributed by atoms with E-state index < -0.39 is 12.0 Å². The summed E-state index contributed by atoms with van der Waals surface area (Å²) in [5.74, 6) is -0.924. The standard InChI is InChI=1S/C12H14Cl2N2O2/c13-8-2-1-3-9(14)10(8)11(12(17)18)16-6-4-15-5-7-16/h1-3,11,15H,4-7H2,(H,17,18). The molecule has 0 amide bonds. The number of aliphatic carboxylic acids is 1. The second-order valence-electron chi connectivity index (χ2n) is 4.16. The number of hydrogen-bond acceptors (Lipinski definition) is 3. The maximum Gasteiger partial charge on any atom is 0.325 e. The van der Waals surface area contributed by atoms with Gasteiger partial charge < -0.3 is 10.4 Å². The van der Waals surface area contributed by atoms with Crippen molar-refractivity contribution in [3.8, 4) is 0 Å². The van der Waals surface area contributed by atoms with Crippen molar-refractivity contribution in [2.24, 2.45) is 0 Å². The van der Waals surface area contributed by atoms with Crippen molar-refractivity contribution in [3.63, 3.8) is 0 Å². The minimum absolute atomic E-state index is 0.397. The van der Waals surface area contributed by atoms with Crippen LogP contribution in [0.1, 0.15) is 11.6 Å². The Hall–Kier alpha value is -0.810. The molecular formula is C12H14Cl2N2O2. The van der Waals surface area contributed by atoms with Crippen LogP contribution in [0, 0.1) is 0 Å². The summed E-state index contributed by atoms with van der Waals surface area (Å²) in [6, 6.07) is 4.26. The van der Waals surface area contributed by atoms with Crippen molar-refractivity contribution in [1.82, 2.24) is 10.2 Å². The summed E-state index contributed by atoms with van der Waals surface area (Å²) in [6.07, 6.45) is 0. The van der Waals surface area contributed by atoms with Gasteiger partial charge in [0.2, 0.25) is 0 Å². The number of carboxylic acids is 1. The van der Waals surface area contributed by atoms with Crippen LogP contribution in [0.3, 0.4) is 0 Å². The monoisotopic (exact) mass is 288 g/mol. The zero-order chi connectivity index (χ0) is 13.1. The highest BCUT2D eigenvalue weighted by Gasteiger charge is 2.31. The van der Waals surface area contributed by atoms with E-state index in [0.717, 1.165) is 13.1 Å². The molecule has 0 saturated carbocycles. The fraction of sp³-hybridized carbons (Fsp3) is 0.417. The third-order valence-corrected chi connectivity index (χ3v) is 3.68. The van der Waals surface area contributed by atoms with Gasteiger partial charge in [0.05, 0.1) is 0 Å². The molecule has 0 aromatic heterocycles. The Morgan fingerprint density at radius 3 is 2.33 bits per heavy atom. The van der Waals surface area contributed by atoms with Crippen LogP contribution in [-0.2, 0) is 4.79 Å². The first-order chi connectivity index (χ1) is 8.61. The Kier molecular flexibility index (Phi) is 4.45. The molecule has 1 aromatic carbocycles. The quantitative estimate of drug-likeness (QED) is 0.894. The summed E-state index contributed by atoms with van der Waals surface area (Å²) >= 11 is 12.2. The lowest BCUT2D eigenvalue weighted by Crippen LogP contribution is -2.47. The van der Waals surface area contributed by atoms with Crippen LogP contribution in [0.2, 0.25) is 10.0 Å². The first-order valence-electron chi connectivity index (χ1n) is 5.72. The van der Waals surface area contributed by atoms with Crippen molar-refractivity contribution in [3.05, 3.63) is 33.8 Å². The molecule has 18 heavy (non-hydrogen) atoms. The largest absolute Gasteiger partial charge is 0.480 e. The topological polar surface area (TPSA) is 52.6 Å². The summed E-state index contributed by atoms with van der Waals surface area (Å²) in [6.45, 7) is 2.87. The van der Waals surface area contributed by atoms with Crippen molar-refractivity contribution in [2.75, 3.05) is 26.2 Å². The smallest absolute Gasteiger partial charge is 0.325 e. The summed E-state index contributed by atoms with van der Waals surface area (Å²) in [5.41, 5.74) is 0.482. The van der Waals surface area contributed by atoms with Gasteiger partial charge in [-0.2, -0.15) is 0 Å². The molecule has 1 unspecified atom stereocenters. The second-order valence-corrected chi connectivity index (χ2v) is 4.98. The number of nitrogens with one attached hydrogen (secondary N) is 1. The van der Waals surface area contributed by atoms with Crippen LogP contribution in [0.5, 0.6) is 0 Å². The Labute approximate surface area is 115 Å². The molecule has 1 heterocycles. The molecule has 1 fully saturated rings. The molecule has 2 N–H and O–H groups in total. The van der Waals surface area contributed by atoms with Gasteiger partial charge in [-0.15, -0.1) is 0 Å². The molecule has 1 aromatic rings. The molecule has 1 aliphatic heterocycles. The number of hydrogen-bond donors (Lipinski definition) is 2. The third kappa shape index (κ3) is 2.78. The molecule has 0 spiro atoms. The fourth-order valence-electron chi connectivity index (χ4n) is 2.17. The molecule has 1 saturated heterocycles. The van der Waals surface area contributed by atoms with Gasteiger partial charge in [0.25, 0.3) is 0 Å². The summed E-state index contributed by atoms with van der Waals surface area (Å²) < 4.78 is 0. The summed E-state index contributed by atoms with van der Waals surface area (Å²) in [5, 5.41) is 13.4. The summed E-state index contributed by atoms with van der Waals surface area (Å²) in [4.78, 5) is 13.4. The Bertz CT molecular complexity index is 427. The zero-order valence-electron chi connectivity index (χ0n) is 9.70. The Balaban J connectivity index is 2.37. The summed E-state index contributed by atoms with van der Waals surface area (Å²) in [7, 11) is 0. The average molecular weight is 289 g/mol. The van der Waals surface area contributed by atoms with Gasteiger partial charge in [-0.05, 0) is 12.1 Å². The van der Waals surface area contributed by atoms with Gasteiger partial charge in [-0.25, -0.2) is 0 Å². The lowest BCUT2D eigenvalue weighted by atomic mass is 10.0. The predicted molar refractivity (Wildman–Crippen MR) is 71.3 cm³/mol. The van der Waals surface area contributed by atoms with E-state index in [4.69, 9.17) is 23.2 Å². The highest BCUT2D eigenvalue weighted by atomic mass is 35.5. The lowest BCUT2D eigenvalue weighted by molar-refractivity contribution is -0.143. The van der Waals surface area contributed by atoms with Crippen molar-refractivity contribution in [1.29, 1.82) is 0 Å². The minimum Gasteiger partial charge on any atom is -0.480 e. The molecule has 0 radical (unpaired) electrons. The van der Waals surface area contributed by atoms with E-state index in [1.807, 2.05) is 4.90 Å². The van der Waals surface area contributed by atoms with E-state index in [2.05, 4.69) is 5.32 Å². The van der Waals surface area contributed by atoms with Crippen LogP contribution < -0.4 is 5.32 Å². The SMILES string of the molecule is O=C(O)C(c1c(Cl)cccc1Cl)N1CCNCC1. The molecule has 98 valence electrons. The molecule has 0 aliphatic carbocycles. The Morgan fingerprint density at radius 1 is 1.28 bits per heavy atom. The first kappa shape index (κ1) is 13.6. The normalized spacial score (nSPS) is 18.6. The maximum absolute atomic E-state index is 11.5. The average Bonchev–Trinajstić information content (AvgIpc) is 2.34. The number of piperazine rings is 1. The molecule has 2 rings (SSSR count). The van der Waals surface area contributed by atoms with Crippen molar-refractivity contribution in [2.45, 2.75) is 6.04 Å². The van der Waals surface area contributed by atoms with Gasteiger partial charge in [0, 0.05) is 41.8 Å². The van der Waals surface area contributed by atoms with E-state index in [1.54, 1.807) is 18.2 Å². The van der Waals surface area contributed by atoms with E-state index in [-0.39, 0.29) is 0 Å². The van der Waals surface area contributed by atoms with Gasteiger partial charge in [0.15, 0.2) is 0 Å².